The predicted octanol–water partition coefficient (Wildman–Crippen LogP) is 2.60. The molecule has 2 aliphatic rings. The lowest BCUT2D eigenvalue weighted by Gasteiger charge is -2.47. The zero-order valence-corrected chi connectivity index (χ0v) is 32.2. The first-order valence-electron chi connectivity index (χ1n) is 18.3. The summed E-state index contributed by atoms with van der Waals surface area (Å²) in [4.78, 5) is 59.3. The number of carbonyl (C=O) groups is 4. The van der Waals surface area contributed by atoms with Gasteiger partial charge in [0.25, 0.3) is 16.0 Å². The Bertz CT molecular complexity index is 1860. The Morgan fingerprint density at radius 2 is 1.57 bits per heavy atom. The molecule has 0 radical (unpaired) electrons. The van der Waals surface area contributed by atoms with Gasteiger partial charge >= 0.3 is 0 Å². The number of aromatic nitrogens is 1. The molecule has 1 aromatic heterocycles. The number of carbonyl (C=O) groups excluding carboxylic acids is 4. The monoisotopic (exact) mass is 766 g/mol. The molecule has 2 fully saturated rings. The van der Waals surface area contributed by atoms with Crippen molar-refractivity contribution in [3.05, 3.63) is 78.0 Å². The van der Waals surface area contributed by atoms with Crippen molar-refractivity contribution < 1.29 is 37.3 Å². The molecule has 14 nitrogen and oxygen atoms in total. The molecule has 15 heteroatoms. The van der Waals surface area contributed by atoms with Gasteiger partial charge in [-0.05, 0) is 69.6 Å². The van der Waals surface area contributed by atoms with E-state index >= 15 is 0 Å². The molecule has 1 aliphatic heterocycles. The van der Waals surface area contributed by atoms with Crippen molar-refractivity contribution in [2.24, 2.45) is 17.6 Å². The Labute approximate surface area is 317 Å². The van der Waals surface area contributed by atoms with Crippen LogP contribution in [0.4, 0.5) is 0 Å². The summed E-state index contributed by atoms with van der Waals surface area (Å²) in [6.07, 6.45) is 4.75. The number of β-amino-alcohol motifs (C(OH)–C–C–N with tert-alkyl or cyclic N) is 1. The van der Waals surface area contributed by atoms with Gasteiger partial charge in [0, 0.05) is 24.0 Å². The molecular formula is C39H54N6O8S. The van der Waals surface area contributed by atoms with E-state index in [1.165, 1.54) is 6.42 Å². The summed E-state index contributed by atoms with van der Waals surface area (Å²) >= 11 is 0. The first-order chi connectivity index (χ1) is 25.4. The number of pyridine rings is 1. The van der Waals surface area contributed by atoms with E-state index in [0.717, 1.165) is 36.6 Å². The lowest BCUT2D eigenvalue weighted by molar-refractivity contribution is -0.133. The van der Waals surface area contributed by atoms with E-state index in [1.807, 2.05) is 69.3 Å². The lowest BCUT2D eigenvalue weighted by Crippen LogP contribution is -2.61. The van der Waals surface area contributed by atoms with Gasteiger partial charge in [0.2, 0.25) is 17.7 Å². The molecule has 0 unspecified atom stereocenters. The molecule has 0 spiro atoms. The third kappa shape index (κ3) is 13.4. The predicted molar refractivity (Wildman–Crippen MR) is 206 cm³/mol. The second-order valence-corrected chi connectivity index (χ2v) is 16.9. The van der Waals surface area contributed by atoms with Gasteiger partial charge in [0.1, 0.15) is 11.7 Å². The molecule has 1 aliphatic carbocycles. The van der Waals surface area contributed by atoms with Gasteiger partial charge in [-0.25, -0.2) is 4.98 Å². The van der Waals surface area contributed by atoms with Crippen LogP contribution in [-0.4, -0.2) is 101 Å². The highest BCUT2D eigenvalue weighted by atomic mass is 32.2. The van der Waals surface area contributed by atoms with Gasteiger partial charge in [-0.3, -0.25) is 28.6 Å². The van der Waals surface area contributed by atoms with E-state index in [9.17, 15) is 32.7 Å². The van der Waals surface area contributed by atoms with Crippen LogP contribution in [0.5, 0.6) is 0 Å². The van der Waals surface area contributed by atoms with E-state index in [-0.39, 0.29) is 24.6 Å². The second kappa shape index (κ2) is 18.7. The number of benzene rings is 2. The van der Waals surface area contributed by atoms with Gasteiger partial charge in [0.15, 0.2) is 0 Å². The van der Waals surface area contributed by atoms with Crippen LogP contribution in [0.15, 0.2) is 66.7 Å². The van der Waals surface area contributed by atoms with Crippen LogP contribution in [0.25, 0.3) is 10.9 Å². The topological polar surface area (TPSA) is 221 Å². The quantitative estimate of drug-likeness (QED) is 0.148. The average molecular weight is 767 g/mol. The summed E-state index contributed by atoms with van der Waals surface area (Å²) in [7, 11) is -3.67. The Morgan fingerprint density at radius 1 is 0.944 bits per heavy atom. The maximum absolute atomic E-state index is 13.8. The number of likely N-dealkylation sites (tertiary alicyclic amines) is 1. The number of piperidine rings is 1. The number of amides is 4. The summed E-state index contributed by atoms with van der Waals surface area (Å²) in [5.41, 5.74) is 6.70. The van der Waals surface area contributed by atoms with E-state index in [2.05, 4.69) is 25.8 Å². The SMILES string of the molecule is CC(C)(C)NC(=O)[C@H]1C[C@H]2CCCC[C@H]2CN1C[C@H](O)[C@@H](Cc1ccccc1)NC(=O)[C@@H](CC(N)=O)NC(=O)c1ccc2ccccc2n1.CS(=O)(=O)O. The molecule has 2 aromatic carbocycles. The second-order valence-electron chi connectivity index (χ2n) is 15.4. The van der Waals surface area contributed by atoms with Crippen molar-refractivity contribution in [1.29, 1.82) is 0 Å². The minimum atomic E-state index is -3.67. The minimum absolute atomic E-state index is 0.0566. The summed E-state index contributed by atoms with van der Waals surface area (Å²) in [5, 5.41) is 21.4. The molecular weight excluding hydrogens is 713 g/mol. The van der Waals surface area contributed by atoms with Crippen molar-refractivity contribution in [2.75, 3.05) is 19.3 Å². The van der Waals surface area contributed by atoms with Crippen molar-refractivity contribution in [3.63, 3.8) is 0 Å². The Kier molecular flexibility index (Phi) is 14.7. The minimum Gasteiger partial charge on any atom is -0.390 e. The van der Waals surface area contributed by atoms with Crippen molar-refractivity contribution in [3.8, 4) is 0 Å². The largest absolute Gasteiger partial charge is 0.390 e. The first-order valence-corrected chi connectivity index (χ1v) is 20.2. The maximum Gasteiger partial charge on any atom is 0.270 e. The molecule has 4 amide bonds. The first kappa shape index (κ1) is 42.3. The molecule has 3 aromatic rings. The smallest absolute Gasteiger partial charge is 0.270 e. The molecule has 2 heterocycles. The van der Waals surface area contributed by atoms with Gasteiger partial charge in [-0.1, -0.05) is 73.9 Å². The summed E-state index contributed by atoms with van der Waals surface area (Å²) < 4.78 is 25.9. The number of fused-ring (bicyclic) bond motifs is 2. The highest BCUT2D eigenvalue weighted by Crippen LogP contribution is 2.39. The van der Waals surface area contributed by atoms with Crippen LogP contribution >= 0.6 is 0 Å². The van der Waals surface area contributed by atoms with Gasteiger partial charge in [-0.2, -0.15) is 8.42 Å². The molecule has 54 heavy (non-hydrogen) atoms. The Hall–Kier alpha value is -4.44. The van der Waals surface area contributed by atoms with Crippen LogP contribution in [0.1, 0.15) is 75.3 Å². The highest BCUT2D eigenvalue weighted by Gasteiger charge is 2.42. The summed E-state index contributed by atoms with van der Waals surface area (Å²) in [5.74, 6) is -1.20. The van der Waals surface area contributed by atoms with Crippen LogP contribution in [0.2, 0.25) is 0 Å². The molecule has 5 rings (SSSR count). The molecule has 0 bridgehead atoms. The number of primary amides is 1. The molecule has 1 saturated heterocycles. The number of nitrogens with two attached hydrogens (primary N) is 1. The van der Waals surface area contributed by atoms with E-state index in [0.29, 0.717) is 30.2 Å². The Balaban J connectivity index is 0.00000122. The van der Waals surface area contributed by atoms with Crippen LogP contribution in [0.3, 0.4) is 0 Å². The number of nitrogens with one attached hydrogen (secondary N) is 3. The van der Waals surface area contributed by atoms with Crippen LogP contribution < -0.4 is 21.7 Å². The number of aliphatic hydroxyl groups excluding tert-OH is 1. The fraction of sp³-hybridized carbons (Fsp3) is 0.513. The lowest BCUT2D eigenvalue weighted by atomic mass is 9.72. The van der Waals surface area contributed by atoms with E-state index < -0.39 is 64.0 Å². The number of aliphatic hydroxyl groups is 1. The van der Waals surface area contributed by atoms with E-state index in [4.69, 9.17) is 10.3 Å². The summed E-state index contributed by atoms with van der Waals surface area (Å²) in [6, 6.07) is 17.6. The number of para-hydroxylation sites is 1. The van der Waals surface area contributed by atoms with Crippen LogP contribution in [-0.2, 0) is 30.9 Å². The molecule has 294 valence electrons. The molecule has 7 N–H and O–H groups in total. The molecule has 1 saturated carbocycles. The van der Waals surface area contributed by atoms with Crippen molar-refractivity contribution in [1.82, 2.24) is 25.8 Å². The Morgan fingerprint density at radius 3 is 2.22 bits per heavy atom. The van der Waals surface area contributed by atoms with Crippen molar-refractivity contribution >= 4 is 44.6 Å². The van der Waals surface area contributed by atoms with E-state index in [1.54, 1.807) is 18.2 Å². The number of hydrogen-bond donors (Lipinski definition) is 6. The fourth-order valence-electron chi connectivity index (χ4n) is 7.26. The summed E-state index contributed by atoms with van der Waals surface area (Å²) in [6.45, 7) is 6.73. The highest BCUT2D eigenvalue weighted by molar-refractivity contribution is 7.85. The normalized spacial score (nSPS) is 20.6. The third-order valence-corrected chi connectivity index (χ3v) is 9.67. The number of rotatable bonds is 12. The van der Waals surface area contributed by atoms with Gasteiger partial charge in [-0.15, -0.1) is 0 Å². The number of hydrogen-bond acceptors (Lipinski definition) is 9. The average Bonchev–Trinajstić information content (AvgIpc) is 3.09. The number of nitrogens with zero attached hydrogens (tertiary/aromatic N) is 2. The van der Waals surface area contributed by atoms with Gasteiger partial charge < -0.3 is 26.8 Å². The van der Waals surface area contributed by atoms with Gasteiger partial charge in [0.05, 0.1) is 36.4 Å². The third-order valence-electron chi connectivity index (χ3n) is 9.67. The fourth-order valence-corrected chi connectivity index (χ4v) is 7.26. The zero-order valence-electron chi connectivity index (χ0n) is 31.4. The molecule has 6 atom stereocenters. The zero-order chi connectivity index (χ0) is 39.6. The van der Waals surface area contributed by atoms with Crippen LogP contribution in [0, 0.1) is 11.8 Å². The standard InChI is InChI=1S/C38H50N6O5.CH4O3S/c1-38(2,3)43-37(49)32-20-26-14-7-8-15-27(26)22-44(32)23-33(45)30(19-24-11-5-4-6-12-24)41-36(48)31(21-34(39)46)42-35(47)29-18-17-25-13-9-10-16-28(25)40-29;1-5(2,3)4/h4-6,9-13,16-18,26-27,30-33,45H,7-8,14-15,19-23H2,1-3H3,(H2,39,46)(H,41,48)(H,42,47)(H,43,49);1H3,(H,2,3,4)/t26-,27+,30-,31-,32-,33+;/m1./s1. The maximum atomic E-state index is 13.8. The van der Waals surface area contributed by atoms with Crippen molar-refractivity contribution in [2.45, 2.75) is 95.5 Å².